The Hall–Kier alpha value is -2.60. The number of hydrogen-bond donors (Lipinski definition) is 1. The Morgan fingerprint density at radius 3 is 2.35 bits per heavy atom. The van der Waals surface area contributed by atoms with Gasteiger partial charge in [0.15, 0.2) is 0 Å². The van der Waals surface area contributed by atoms with Gasteiger partial charge in [-0.15, -0.1) is 0 Å². The predicted octanol–water partition coefficient (Wildman–Crippen LogP) is 2.85. The molecule has 104 valence electrons. The van der Waals surface area contributed by atoms with Crippen LogP contribution in [0.4, 0.5) is 5.69 Å². The second-order valence-electron chi connectivity index (χ2n) is 4.04. The maximum Gasteiger partial charge on any atom is 0.315 e. The molecule has 0 unspecified atom stereocenters. The van der Waals surface area contributed by atoms with Crippen molar-refractivity contribution >= 4 is 5.69 Å². The van der Waals surface area contributed by atoms with Crippen molar-refractivity contribution in [2.24, 2.45) is 5.73 Å². The summed E-state index contributed by atoms with van der Waals surface area (Å²) in [5.74, 6) is 1.08. The molecule has 2 N–H and O–H groups in total. The van der Waals surface area contributed by atoms with Crippen LogP contribution in [0.15, 0.2) is 42.5 Å². The average molecular weight is 274 g/mol. The van der Waals surface area contributed by atoms with Gasteiger partial charge in [-0.25, -0.2) is 0 Å². The van der Waals surface area contributed by atoms with E-state index in [2.05, 4.69) is 0 Å². The minimum atomic E-state index is -0.508. The zero-order chi connectivity index (χ0) is 14.5. The molecule has 2 aromatic carbocycles. The fraction of sp³-hybridized carbons (Fsp3) is 0.143. The van der Waals surface area contributed by atoms with Gasteiger partial charge in [0.2, 0.25) is 5.75 Å². The third-order valence-electron chi connectivity index (χ3n) is 2.75. The summed E-state index contributed by atoms with van der Waals surface area (Å²) in [5, 5.41) is 11.0. The first-order chi connectivity index (χ1) is 9.63. The van der Waals surface area contributed by atoms with Crippen LogP contribution in [-0.4, -0.2) is 12.0 Å². The van der Waals surface area contributed by atoms with Crippen LogP contribution in [0.2, 0.25) is 0 Å². The van der Waals surface area contributed by atoms with Crippen LogP contribution in [0.3, 0.4) is 0 Å². The van der Waals surface area contributed by atoms with E-state index in [0.717, 1.165) is 5.56 Å². The monoisotopic (exact) mass is 274 g/mol. The fourth-order valence-corrected chi connectivity index (χ4v) is 1.67. The number of rotatable bonds is 5. The van der Waals surface area contributed by atoms with Gasteiger partial charge in [-0.3, -0.25) is 10.1 Å². The Labute approximate surface area is 115 Å². The van der Waals surface area contributed by atoms with E-state index in [1.54, 1.807) is 18.2 Å². The lowest BCUT2D eigenvalue weighted by Gasteiger charge is -2.08. The molecule has 0 aliphatic carbocycles. The van der Waals surface area contributed by atoms with Crippen molar-refractivity contribution in [1.82, 2.24) is 0 Å². The summed E-state index contributed by atoms with van der Waals surface area (Å²) in [4.78, 5) is 10.5. The summed E-state index contributed by atoms with van der Waals surface area (Å²) in [5.41, 5.74) is 6.32. The molecule has 2 aromatic rings. The highest BCUT2D eigenvalue weighted by Gasteiger charge is 2.17. The number of ether oxygens (including phenoxy) is 2. The lowest BCUT2D eigenvalue weighted by molar-refractivity contribution is -0.385. The van der Waals surface area contributed by atoms with Gasteiger partial charge < -0.3 is 15.2 Å². The van der Waals surface area contributed by atoms with Crippen molar-refractivity contribution in [2.75, 3.05) is 7.11 Å². The Bertz CT molecular complexity index is 611. The first-order valence-corrected chi connectivity index (χ1v) is 5.93. The van der Waals surface area contributed by atoms with Crippen molar-refractivity contribution in [3.8, 4) is 17.2 Å². The normalized spacial score (nSPS) is 10.1. The molecule has 0 aliphatic heterocycles. The summed E-state index contributed by atoms with van der Waals surface area (Å²) in [6.45, 7) is 0.433. The van der Waals surface area contributed by atoms with Crippen LogP contribution in [0.5, 0.6) is 17.2 Å². The van der Waals surface area contributed by atoms with E-state index in [4.69, 9.17) is 15.2 Å². The molecule has 6 heteroatoms. The van der Waals surface area contributed by atoms with Crippen LogP contribution < -0.4 is 15.2 Å². The first kappa shape index (κ1) is 13.8. The van der Waals surface area contributed by atoms with Crippen LogP contribution in [-0.2, 0) is 6.54 Å². The van der Waals surface area contributed by atoms with E-state index in [1.807, 2.05) is 12.1 Å². The van der Waals surface area contributed by atoms with Crippen molar-refractivity contribution in [3.63, 3.8) is 0 Å². The van der Waals surface area contributed by atoms with E-state index in [9.17, 15) is 10.1 Å². The summed E-state index contributed by atoms with van der Waals surface area (Å²) in [6.07, 6.45) is 0. The van der Waals surface area contributed by atoms with Crippen LogP contribution in [0.25, 0.3) is 0 Å². The summed E-state index contributed by atoms with van der Waals surface area (Å²) in [6, 6.07) is 11.5. The largest absolute Gasteiger partial charge is 0.496 e. The molecule has 0 fully saturated rings. The highest BCUT2D eigenvalue weighted by molar-refractivity contribution is 5.52. The van der Waals surface area contributed by atoms with Crippen molar-refractivity contribution in [1.29, 1.82) is 0 Å². The maximum atomic E-state index is 11.0. The molecule has 0 radical (unpaired) electrons. The smallest absolute Gasteiger partial charge is 0.315 e. The maximum absolute atomic E-state index is 11.0. The standard InChI is InChI=1S/C14H14N2O4/c1-19-12-6-7-14(13(8-12)16(17)18)20-11-4-2-10(9-15)3-5-11/h2-8H,9,15H2,1H3. The quantitative estimate of drug-likeness (QED) is 0.669. The molecule has 0 amide bonds. The highest BCUT2D eigenvalue weighted by atomic mass is 16.6. The predicted molar refractivity (Wildman–Crippen MR) is 74.1 cm³/mol. The molecule has 0 bridgehead atoms. The number of hydrogen-bond acceptors (Lipinski definition) is 5. The van der Waals surface area contributed by atoms with Crippen LogP contribution in [0.1, 0.15) is 5.56 Å². The Morgan fingerprint density at radius 2 is 1.80 bits per heavy atom. The first-order valence-electron chi connectivity index (χ1n) is 5.93. The zero-order valence-electron chi connectivity index (χ0n) is 10.9. The van der Waals surface area contributed by atoms with E-state index < -0.39 is 4.92 Å². The minimum absolute atomic E-state index is 0.146. The Morgan fingerprint density at radius 1 is 1.15 bits per heavy atom. The zero-order valence-corrected chi connectivity index (χ0v) is 10.9. The van der Waals surface area contributed by atoms with E-state index in [0.29, 0.717) is 18.0 Å². The van der Waals surface area contributed by atoms with Crippen molar-refractivity contribution in [2.45, 2.75) is 6.54 Å². The number of nitro groups is 1. The van der Waals surface area contributed by atoms with Gasteiger partial charge in [0.25, 0.3) is 0 Å². The number of nitro benzene ring substituents is 1. The van der Waals surface area contributed by atoms with Gasteiger partial charge >= 0.3 is 5.69 Å². The van der Waals surface area contributed by atoms with Gasteiger partial charge in [-0.2, -0.15) is 0 Å². The van der Waals surface area contributed by atoms with Gasteiger partial charge in [-0.05, 0) is 29.8 Å². The molecule has 6 nitrogen and oxygen atoms in total. The molecule has 0 atom stereocenters. The highest BCUT2D eigenvalue weighted by Crippen LogP contribution is 2.34. The van der Waals surface area contributed by atoms with Gasteiger partial charge in [0, 0.05) is 6.54 Å². The van der Waals surface area contributed by atoms with Crippen molar-refractivity contribution in [3.05, 3.63) is 58.1 Å². The molecule has 0 saturated heterocycles. The number of nitrogens with two attached hydrogens (primary N) is 1. The second-order valence-corrected chi connectivity index (χ2v) is 4.04. The van der Waals surface area contributed by atoms with E-state index in [1.165, 1.54) is 19.2 Å². The van der Waals surface area contributed by atoms with Crippen molar-refractivity contribution < 1.29 is 14.4 Å². The van der Waals surface area contributed by atoms with Crippen LogP contribution >= 0.6 is 0 Å². The summed E-state index contributed by atoms with van der Waals surface area (Å²) >= 11 is 0. The third kappa shape index (κ3) is 3.04. The number of benzene rings is 2. The molecular weight excluding hydrogens is 260 g/mol. The van der Waals surface area contributed by atoms with Gasteiger partial charge in [0.1, 0.15) is 11.5 Å². The molecule has 0 aromatic heterocycles. The van der Waals surface area contributed by atoms with Gasteiger partial charge in [-0.1, -0.05) is 12.1 Å². The van der Waals surface area contributed by atoms with Crippen LogP contribution in [0, 0.1) is 10.1 Å². The molecule has 0 aliphatic rings. The number of methoxy groups -OCH3 is 1. The molecule has 0 spiro atoms. The molecule has 2 rings (SSSR count). The summed E-state index contributed by atoms with van der Waals surface area (Å²) in [7, 11) is 1.45. The van der Waals surface area contributed by atoms with Gasteiger partial charge in [0.05, 0.1) is 18.1 Å². The second kappa shape index (κ2) is 6.03. The molecule has 20 heavy (non-hydrogen) atoms. The average Bonchev–Trinajstić information content (AvgIpc) is 2.48. The lowest BCUT2D eigenvalue weighted by atomic mass is 10.2. The summed E-state index contributed by atoms with van der Waals surface area (Å²) < 4.78 is 10.5. The number of nitrogens with zero attached hydrogens (tertiary/aromatic N) is 1. The van der Waals surface area contributed by atoms with E-state index >= 15 is 0 Å². The third-order valence-corrected chi connectivity index (χ3v) is 2.75. The topological polar surface area (TPSA) is 87.6 Å². The SMILES string of the molecule is COc1ccc(Oc2ccc(CN)cc2)c([N+](=O)[O-])c1. The minimum Gasteiger partial charge on any atom is -0.496 e. The Balaban J connectivity index is 2.29. The molecular formula is C14H14N2O4. The van der Waals surface area contributed by atoms with E-state index in [-0.39, 0.29) is 11.4 Å². The fourth-order valence-electron chi connectivity index (χ4n) is 1.67. The molecule has 0 saturated carbocycles. The Kier molecular flexibility index (Phi) is 4.17. The molecule has 0 heterocycles. The lowest BCUT2D eigenvalue weighted by Crippen LogP contribution is -1.96.